The predicted molar refractivity (Wildman–Crippen MR) is 83.4 cm³/mol. The van der Waals surface area contributed by atoms with Crippen molar-refractivity contribution in [2.45, 2.75) is 24.4 Å². The van der Waals surface area contributed by atoms with Crippen molar-refractivity contribution < 1.29 is 4.79 Å². The van der Waals surface area contributed by atoms with Crippen LogP contribution >= 0.6 is 11.8 Å². The van der Waals surface area contributed by atoms with Crippen molar-refractivity contribution in [1.82, 2.24) is 20.8 Å². The van der Waals surface area contributed by atoms with E-state index in [0.29, 0.717) is 18.8 Å². The monoisotopic (exact) mass is 302 g/mol. The van der Waals surface area contributed by atoms with E-state index in [1.165, 1.54) is 4.90 Å². The van der Waals surface area contributed by atoms with Crippen LogP contribution in [0.3, 0.4) is 0 Å². The lowest BCUT2D eigenvalue weighted by molar-refractivity contribution is 0.0944. The largest absolute Gasteiger partial charge is 0.347 e. The van der Waals surface area contributed by atoms with Gasteiger partial charge in [0.2, 0.25) is 0 Å². The highest BCUT2D eigenvalue weighted by Gasteiger charge is 2.21. The van der Waals surface area contributed by atoms with Crippen LogP contribution in [-0.4, -0.2) is 28.9 Å². The van der Waals surface area contributed by atoms with Gasteiger partial charge in [0.25, 0.3) is 5.91 Å². The number of amides is 1. The second-order valence-electron chi connectivity index (χ2n) is 4.99. The van der Waals surface area contributed by atoms with Gasteiger partial charge in [0.1, 0.15) is 0 Å². The maximum atomic E-state index is 12.2. The van der Waals surface area contributed by atoms with E-state index in [-0.39, 0.29) is 5.91 Å². The fourth-order valence-electron chi connectivity index (χ4n) is 2.42. The van der Waals surface area contributed by atoms with E-state index in [0.717, 1.165) is 29.8 Å². The topological polar surface area (TPSA) is 69.8 Å². The zero-order chi connectivity index (χ0) is 14.7. The van der Waals surface area contributed by atoms with Crippen LogP contribution in [0.15, 0.2) is 29.2 Å². The van der Waals surface area contributed by atoms with Crippen LogP contribution in [-0.2, 0) is 19.5 Å². The molecule has 0 saturated carbocycles. The molecule has 2 aromatic rings. The van der Waals surface area contributed by atoms with Crippen LogP contribution in [0, 0.1) is 0 Å². The molecule has 0 unspecified atom stereocenters. The van der Waals surface area contributed by atoms with Crippen molar-refractivity contribution in [1.29, 1.82) is 0 Å². The quantitative estimate of drug-likeness (QED) is 0.752. The Morgan fingerprint density at radius 1 is 1.38 bits per heavy atom. The van der Waals surface area contributed by atoms with Crippen LogP contribution in [0.2, 0.25) is 0 Å². The van der Waals surface area contributed by atoms with E-state index < -0.39 is 0 Å². The van der Waals surface area contributed by atoms with Crippen molar-refractivity contribution in [3.8, 4) is 0 Å². The Morgan fingerprint density at radius 3 is 2.95 bits per heavy atom. The zero-order valence-electron chi connectivity index (χ0n) is 11.9. The Labute approximate surface area is 127 Å². The number of H-pyrrole nitrogens is 1. The summed E-state index contributed by atoms with van der Waals surface area (Å²) >= 11 is 1.71. The summed E-state index contributed by atoms with van der Waals surface area (Å²) in [5.41, 5.74) is 3.67. The van der Waals surface area contributed by atoms with Gasteiger partial charge in [0.05, 0.1) is 0 Å². The van der Waals surface area contributed by atoms with Gasteiger partial charge in [-0.1, -0.05) is 12.1 Å². The van der Waals surface area contributed by atoms with Crippen molar-refractivity contribution in [3.05, 3.63) is 46.8 Å². The molecule has 0 radical (unpaired) electrons. The van der Waals surface area contributed by atoms with Gasteiger partial charge < -0.3 is 10.6 Å². The molecule has 1 aromatic carbocycles. The smallest absolute Gasteiger partial charge is 0.272 e. The molecule has 21 heavy (non-hydrogen) atoms. The highest BCUT2D eigenvalue weighted by Crippen LogP contribution is 2.16. The fourth-order valence-corrected chi connectivity index (χ4v) is 2.83. The number of benzene rings is 1. The average Bonchev–Trinajstić information content (AvgIpc) is 2.97. The lowest BCUT2D eigenvalue weighted by Gasteiger charge is -2.12. The van der Waals surface area contributed by atoms with Gasteiger partial charge in [-0.3, -0.25) is 9.89 Å². The molecule has 0 bridgehead atoms. The zero-order valence-corrected chi connectivity index (χ0v) is 12.7. The lowest BCUT2D eigenvalue weighted by Crippen LogP contribution is -2.28. The number of hydrogen-bond donors (Lipinski definition) is 3. The summed E-state index contributed by atoms with van der Waals surface area (Å²) < 4.78 is 0. The minimum Gasteiger partial charge on any atom is -0.347 e. The maximum absolute atomic E-state index is 12.2. The van der Waals surface area contributed by atoms with Crippen LogP contribution in [0.5, 0.6) is 0 Å². The molecule has 5 nitrogen and oxygen atoms in total. The Morgan fingerprint density at radius 2 is 2.19 bits per heavy atom. The van der Waals surface area contributed by atoms with E-state index in [4.69, 9.17) is 0 Å². The first kappa shape index (κ1) is 14.2. The van der Waals surface area contributed by atoms with Crippen LogP contribution in [0.4, 0.5) is 0 Å². The van der Waals surface area contributed by atoms with Gasteiger partial charge in [0.15, 0.2) is 5.69 Å². The lowest BCUT2D eigenvalue weighted by atomic mass is 10.1. The first-order valence-electron chi connectivity index (χ1n) is 6.96. The van der Waals surface area contributed by atoms with Gasteiger partial charge in [-0.2, -0.15) is 5.10 Å². The normalized spacial score (nSPS) is 13.8. The summed E-state index contributed by atoms with van der Waals surface area (Å²) in [6.45, 7) is 2.15. The Kier molecular flexibility index (Phi) is 4.26. The highest BCUT2D eigenvalue weighted by molar-refractivity contribution is 7.98. The molecule has 0 fully saturated rings. The van der Waals surface area contributed by atoms with E-state index in [1.54, 1.807) is 11.8 Å². The number of aromatic nitrogens is 2. The number of hydrogen-bond acceptors (Lipinski definition) is 4. The molecule has 3 N–H and O–H groups in total. The fraction of sp³-hybridized carbons (Fsp3) is 0.333. The standard InChI is InChI=1S/C15H18N4OS/c1-21-11-4-2-10(3-5-11)8-17-15(20)14-12-9-16-7-6-13(12)18-19-14/h2-5,16H,6-9H2,1H3,(H,17,20)(H,18,19). The van der Waals surface area contributed by atoms with E-state index in [2.05, 4.69) is 33.0 Å². The van der Waals surface area contributed by atoms with E-state index in [9.17, 15) is 4.79 Å². The van der Waals surface area contributed by atoms with Crippen molar-refractivity contribution in [3.63, 3.8) is 0 Å². The maximum Gasteiger partial charge on any atom is 0.272 e. The number of nitrogens with one attached hydrogen (secondary N) is 3. The predicted octanol–water partition coefficient (Wildman–Crippen LogP) is 1.71. The molecule has 1 aliphatic heterocycles. The number of carbonyl (C=O) groups excluding carboxylic acids is 1. The molecule has 1 aliphatic rings. The molecular formula is C15H18N4OS. The number of nitrogens with zero attached hydrogens (tertiary/aromatic N) is 1. The van der Waals surface area contributed by atoms with Crippen LogP contribution < -0.4 is 10.6 Å². The molecule has 0 saturated heterocycles. The van der Waals surface area contributed by atoms with Gasteiger partial charge >= 0.3 is 0 Å². The Bertz CT molecular complexity index is 636. The molecule has 0 aliphatic carbocycles. The van der Waals surface area contributed by atoms with Crippen molar-refractivity contribution >= 4 is 17.7 Å². The molecule has 6 heteroatoms. The third kappa shape index (κ3) is 3.11. The number of rotatable bonds is 4. The third-order valence-electron chi connectivity index (χ3n) is 3.63. The van der Waals surface area contributed by atoms with Crippen LogP contribution in [0.25, 0.3) is 0 Å². The summed E-state index contributed by atoms with van der Waals surface area (Å²) in [4.78, 5) is 13.5. The minimum atomic E-state index is -0.120. The first-order valence-corrected chi connectivity index (χ1v) is 8.18. The summed E-state index contributed by atoms with van der Waals surface area (Å²) in [5.74, 6) is -0.120. The Hall–Kier alpha value is -1.79. The van der Waals surface area contributed by atoms with Gasteiger partial charge in [0, 0.05) is 42.2 Å². The van der Waals surface area contributed by atoms with E-state index >= 15 is 0 Å². The van der Waals surface area contributed by atoms with E-state index in [1.807, 2.05) is 18.4 Å². The van der Waals surface area contributed by atoms with Gasteiger partial charge in [-0.15, -0.1) is 11.8 Å². The highest BCUT2D eigenvalue weighted by atomic mass is 32.2. The van der Waals surface area contributed by atoms with Crippen LogP contribution in [0.1, 0.15) is 27.3 Å². The van der Waals surface area contributed by atoms with Crippen molar-refractivity contribution in [2.24, 2.45) is 0 Å². The second-order valence-corrected chi connectivity index (χ2v) is 5.87. The summed E-state index contributed by atoms with van der Waals surface area (Å²) in [6, 6.07) is 8.19. The molecule has 0 atom stereocenters. The summed E-state index contributed by atoms with van der Waals surface area (Å²) in [5, 5.41) is 13.3. The number of aromatic amines is 1. The van der Waals surface area contributed by atoms with Gasteiger partial charge in [-0.25, -0.2) is 0 Å². The number of thioether (sulfide) groups is 1. The summed E-state index contributed by atoms with van der Waals surface area (Å²) in [7, 11) is 0. The average molecular weight is 302 g/mol. The third-order valence-corrected chi connectivity index (χ3v) is 4.38. The number of fused-ring (bicyclic) bond motifs is 1. The minimum absolute atomic E-state index is 0.120. The molecular weight excluding hydrogens is 284 g/mol. The molecule has 110 valence electrons. The molecule has 1 amide bonds. The second kappa shape index (κ2) is 6.32. The summed E-state index contributed by atoms with van der Waals surface area (Å²) in [6.07, 6.45) is 2.94. The SMILES string of the molecule is CSc1ccc(CNC(=O)c2n[nH]c3c2CNCC3)cc1. The molecule has 0 spiro atoms. The van der Waals surface area contributed by atoms with Gasteiger partial charge in [-0.05, 0) is 24.0 Å². The molecule has 3 rings (SSSR count). The number of carbonyl (C=O) groups is 1. The Balaban J connectivity index is 1.64. The molecule has 1 aromatic heterocycles. The molecule has 2 heterocycles. The first-order chi connectivity index (χ1) is 10.3. The van der Waals surface area contributed by atoms with Crippen molar-refractivity contribution in [2.75, 3.05) is 12.8 Å².